The Morgan fingerprint density at radius 3 is 2.80 bits per heavy atom. The maximum absolute atomic E-state index is 14.7. The summed E-state index contributed by atoms with van der Waals surface area (Å²) in [6, 6.07) is 7.46. The minimum Gasteiger partial charge on any atom is -0.489 e. The van der Waals surface area contributed by atoms with Gasteiger partial charge in [0.15, 0.2) is 5.82 Å². The van der Waals surface area contributed by atoms with Crippen LogP contribution in [0.25, 0.3) is 0 Å². The number of ether oxygens (including phenoxy) is 2. The first-order valence-corrected chi connectivity index (χ1v) is 9.96. The Labute approximate surface area is 174 Å². The molecule has 1 saturated heterocycles. The van der Waals surface area contributed by atoms with Crippen LogP contribution in [0.4, 0.5) is 14.6 Å². The van der Waals surface area contributed by atoms with Gasteiger partial charge < -0.3 is 19.7 Å². The minimum absolute atomic E-state index is 0.0617. The SMILES string of the molecule is CC(=O)N[C@@H](C)c1ccc(O[C@@H]2CCN(c3ncnc(OCCCF)c3F)C2)cc1. The predicted octanol–water partition coefficient (Wildman–Crippen LogP) is 3.21. The number of halogens is 2. The summed E-state index contributed by atoms with van der Waals surface area (Å²) in [6.07, 6.45) is 2.02. The zero-order valence-corrected chi connectivity index (χ0v) is 17.1. The second kappa shape index (κ2) is 10.2. The average molecular weight is 420 g/mol. The summed E-state index contributed by atoms with van der Waals surface area (Å²) >= 11 is 0. The van der Waals surface area contributed by atoms with Crippen LogP contribution in [0.2, 0.25) is 0 Å². The van der Waals surface area contributed by atoms with Gasteiger partial charge in [-0.3, -0.25) is 9.18 Å². The van der Waals surface area contributed by atoms with Gasteiger partial charge in [0.1, 0.15) is 18.2 Å². The third kappa shape index (κ3) is 5.55. The summed E-state index contributed by atoms with van der Waals surface area (Å²) in [6.45, 7) is 3.99. The molecule has 3 rings (SSSR count). The highest BCUT2D eigenvalue weighted by Crippen LogP contribution is 2.28. The molecule has 9 heteroatoms. The van der Waals surface area contributed by atoms with Crippen LogP contribution in [0, 0.1) is 5.82 Å². The molecule has 2 aromatic rings. The van der Waals surface area contributed by atoms with Crippen molar-refractivity contribution < 1.29 is 23.0 Å². The van der Waals surface area contributed by atoms with Crippen molar-refractivity contribution in [1.29, 1.82) is 0 Å². The zero-order chi connectivity index (χ0) is 21.5. The van der Waals surface area contributed by atoms with Gasteiger partial charge in [0.2, 0.25) is 11.7 Å². The van der Waals surface area contributed by atoms with Crippen LogP contribution in [0.15, 0.2) is 30.6 Å². The van der Waals surface area contributed by atoms with Gasteiger partial charge in [-0.25, -0.2) is 4.98 Å². The van der Waals surface area contributed by atoms with E-state index in [0.717, 1.165) is 5.56 Å². The minimum atomic E-state index is -0.645. The number of alkyl halides is 1. The summed E-state index contributed by atoms with van der Waals surface area (Å²) in [5.74, 6) is -0.0262. The molecule has 1 amide bonds. The Kier molecular flexibility index (Phi) is 7.37. The van der Waals surface area contributed by atoms with Crippen LogP contribution in [-0.2, 0) is 4.79 Å². The smallest absolute Gasteiger partial charge is 0.255 e. The van der Waals surface area contributed by atoms with Gasteiger partial charge in [-0.05, 0) is 24.6 Å². The quantitative estimate of drug-likeness (QED) is 0.628. The normalized spacial score (nSPS) is 16.9. The Morgan fingerprint density at radius 1 is 1.33 bits per heavy atom. The Morgan fingerprint density at radius 2 is 2.10 bits per heavy atom. The van der Waals surface area contributed by atoms with E-state index in [4.69, 9.17) is 9.47 Å². The lowest BCUT2D eigenvalue weighted by Crippen LogP contribution is -2.26. The van der Waals surface area contributed by atoms with Crippen molar-refractivity contribution in [3.63, 3.8) is 0 Å². The van der Waals surface area contributed by atoms with E-state index in [1.165, 1.54) is 13.3 Å². The summed E-state index contributed by atoms with van der Waals surface area (Å²) in [4.78, 5) is 20.8. The summed E-state index contributed by atoms with van der Waals surface area (Å²) in [5, 5.41) is 2.84. The lowest BCUT2D eigenvalue weighted by atomic mass is 10.1. The lowest BCUT2D eigenvalue weighted by Gasteiger charge is -2.19. The summed E-state index contributed by atoms with van der Waals surface area (Å²) < 4.78 is 38.1. The van der Waals surface area contributed by atoms with Crippen molar-refractivity contribution in [2.75, 3.05) is 31.3 Å². The molecule has 1 N–H and O–H groups in total. The highest BCUT2D eigenvalue weighted by atomic mass is 19.1. The highest BCUT2D eigenvalue weighted by molar-refractivity contribution is 5.73. The van der Waals surface area contributed by atoms with E-state index in [1.54, 1.807) is 4.90 Å². The summed E-state index contributed by atoms with van der Waals surface area (Å²) in [5.41, 5.74) is 0.981. The molecule has 1 aliphatic rings. The zero-order valence-electron chi connectivity index (χ0n) is 17.1. The van der Waals surface area contributed by atoms with Crippen molar-refractivity contribution in [3.8, 4) is 11.6 Å². The number of nitrogens with zero attached hydrogens (tertiary/aromatic N) is 3. The molecule has 0 radical (unpaired) electrons. The first-order valence-electron chi connectivity index (χ1n) is 9.96. The van der Waals surface area contributed by atoms with Crippen molar-refractivity contribution >= 4 is 11.7 Å². The standard InChI is InChI=1S/C21H26F2N4O3/c1-14(26-15(2)28)16-4-6-17(7-5-16)30-18-8-10-27(12-18)20-19(23)21(25-13-24-20)29-11-3-9-22/h4-7,13-14,18H,3,8-12H2,1-2H3,(H,26,28)/t14-,18+/m0/s1. The molecule has 2 heterocycles. The van der Waals surface area contributed by atoms with Gasteiger partial charge in [-0.2, -0.15) is 9.37 Å². The molecular formula is C21H26F2N4O3. The van der Waals surface area contributed by atoms with Crippen LogP contribution in [0.3, 0.4) is 0 Å². The number of amides is 1. The number of hydrogen-bond acceptors (Lipinski definition) is 6. The second-order valence-corrected chi connectivity index (χ2v) is 7.17. The highest BCUT2D eigenvalue weighted by Gasteiger charge is 2.28. The number of aromatic nitrogens is 2. The fraction of sp³-hybridized carbons (Fsp3) is 0.476. The Bertz CT molecular complexity index is 851. The molecule has 1 aliphatic heterocycles. The fourth-order valence-electron chi connectivity index (χ4n) is 3.32. The maximum Gasteiger partial charge on any atom is 0.255 e. The van der Waals surface area contributed by atoms with E-state index in [9.17, 15) is 13.6 Å². The Hall–Kier alpha value is -2.97. The number of carbonyl (C=O) groups excluding carboxylic acids is 1. The van der Waals surface area contributed by atoms with Crippen LogP contribution in [-0.4, -0.2) is 48.4 Å². The number of carbonyl (C=O) groups is 1. The molecule has 0 bridgehead atoms. The summed E-state index contributed by atoms with van der Waals surface area (Å²) in [7, 11) is 0. The molecule has 0 spiro atoms. The Balaban J connectivity index is 1.58. The van der Waals surface area contributed by atoms with E-state index in [0.29, 0.717) is 25.3 Å². The molecule has 162 valence electrons. The van der Waals surface area contributed by atoms with Crippen molar-refractivity contribution in [2.45, 2.75) is 38.8 Å². The molecule has 2 atom stereocenters. The van der Waals surface area contributed by atoms with Crippen LogP contribution < -0.4 is 19.7 Å². The molecule has 0 aliphatic carbocycles. The molecule has 1 aromatic carbocycles. The molecule has 1 aromatic heterocycles. The number of nitrogens with one attached hydrogen (secondary N) is 1. The first kappa shape index (κ1) is 21.7. The molecule has 1 fully saturated rings. The van der Waals surface area contributed by atoms with Gasteiger partial charge in [-0.15, -0.1) is 0 Å². The monoisotopic (exact) mass is 420 g/mol. The van der Waals surface area contributed by atoms with Crippen molar-refractivity contribution in [3.05, 3.63) is 42.0 Å². The van der Waals surface area contributed by atoms with Gasteiger partial charge in [0.05, 0.1) is 25.9 Å². The second-order valence-electron chi connectivity index (χ2n) is 7.17. The lowest BCUT2D eigenvalue weighted by molar-refractivity contribution is -0.119. The predicted molar refractivity (Wildman–Crippen MR) is 108 cm³/mol. The topological polar surface area (TPSA) is 76.6 Å². The fourth-order valence-corrected chi connectivity index (χ4v) is 3.32. The molecule has 0 unspecified atom stereocenters. The van der Waals surface area contributed by atoms with E-state index in [-0.39, 0.29) is 42.8 Å². The first-order chi connectivity index (χ1) is 14.5. The van der Waals surface area contributed by atoms with E-state index in [2.05, 4.69) is 15.3 Å². The molecule has 7 nitrogen and oxygen atoms in total. The van der Waals surface area contributed by atoms with E-state index < -0.39 is 12.5 Å². The maximum atomic E-state index is 14.7. The van der Waals surface area contributed by atoms with Crippen molar-refractivity contribution in [2.24, 2.45) is 0 Å². The number of hydrogen-bond donors (Lipinski definition) is 1. The van der Waals surface area contributed by atoms with Crippen LogP contribution in [0.1, 0.15) is 38.3 Å². The average Bonchev–Trinajstić information content (AvgIpc) is 3.17. The third-order valence-corrected chi connectivity index (χ3v) is 4.80. The van der Waals surface area contributed by atoms with E-state index in [1.807, 2.05) is 31.2 Å². The number of anilines is 1. The molecule has 0 saturated carbocycles. The molecular weight excluding hydrogens is 394 g/mol. The van der Waals surface area contributed by atoms with Gasteiger partial charge >= 0.3 is 0 Å². The van der Waals surface area contributed by atoms with Gasteiger partial charge in [-0.1, -0.05) is 12.1 Å². The molecule has 30 heavy (non-hydrogen) atoms. The number of benzene rings is 1. The van der Waals surface area contributed by atoms with Crippen LogP contribution >= 0.6 is 0 Å². The van der Waals surface area contributed by atoms with Crippen LogP contribution in [0.5, 0.6) is 11.6 Å². The van der Waals surface area contributed by atoms with E-state index >= 15 is 0 Å². The van der Waals surface area contributed by atoms with Gasteiger partial charge in [0, 0.05) is 26.3 Å². The van der Waals surface area contributed by atoms with Gasteiger partial charge in [0.25, 0.3) is 5.88 Å². The third-order valence-electron chi connectivity index (χ3n) is 4.80. The number of rotatable bonds is 9. The largest absolute Gasteiger partial charge is 0.489 e. The van der Waals surface area contributed by atoms with Crippen molar-refractivity contribution in [1.82, 2.24) is 15.3 Å².